The Hall–Kier alpha value is -1.14. The molecule has 17 heavy (non-hydrogen) atoms. The Morgan fingerprint density at radius 1 is 1.35 bits per heavy atom. The van der Waals surface area contributed by atoms with Crippen molar-refractivity contribution < 1.29 is 9.59 Å². The zero-order valence-electron chi connectivity index (χ0n) is 10.4. The molecule has 98 valence electrons. The van der Waals surface area contributed by atoms with E-state index in [1.165, 1.54) is 7.05 Å². The third kappa shape index (κ3) is 5.14. The number of carbonyl (C=O) groups excluding carboxylic acids is 2. The molecule has 4 N–H and O–H groups in total. The van der Waals surface area contributed by atoms with Crippen LogP contribution < -0.4 is 16.4 Å². The van der Waals surface area contributed by atoms with Crippen LogP contribution in [0.1, 0.15) is 19.3 Å². The molecule has 0 aliphatic carbocycles. The summed E-state index contributed by atoms with van der Waals surface area (Å²) in [4.78, 5) is 24.5. The molecule has 0 bridgehead atoms. The molecule has 1 aliphatic rings. The van der Waals surface area contributed by atoms with E-state index in [0.717, 1.165) is 38.9 Å². The summed E-state index contributed by atoms with van der Waals surface area (Å²) in [6.07, 6.45) is 3.24. The van der Waals surface area contributed by atoms with Gasteiger partial charge in [-0.1, -0.05) is 0 Å². The Morgan fingerprint density at radius 2 is 2.00 bits per heavy atom. The van der Waals surface area contributed by atoms with Crippen molar-refractivity contribution in [2.24, 2.45) is 11.7 Å². The van der Waals surface area contributed by atoms with Gasteiger partial charge in [-0.15, -0.1) is 0 Å². The first-order valence-corrected chi connectivity index (χ1v) is 6.09. The van der Waals surface area contributed by atoms with Gasteiger partial charge in [0.2, 0.25) is 5.91 Å². The number of imide groups is 1. The van der Waals surface area contributed by atoms with E-state index in [-0.39, 0.29) is 5.91 Å². The topological polar surface area (TPSA) is 87.5 Å². The van der Waals surface area contributed by atoms with Crippen molar-refractivity contribution in [3.63, 3.8) is 0 Å². The number of rotatable bonds is 4. The molecule has 1 fully saturated rings. The highest BCUT2D eigenvalue weighted by molar-refractivity contribution is 5.95. The van der Waals surface area contributed by atoms with Gasteiger partial charge in [-0.2, -0.15) is 0 Å². The number of carbonyl (C=O) groups is 2. The van der Waals surface area contributed by atoms with E-state index in [0.29, 0.717) is 12.5 Å². The summed E-state index contributed by atoms with van der Waals surface area (Å²) in [5.74, 6) is 0.444. The maximum absolute atomic E-state index is 11.5. The van der Waals surface area contributed by atoms with E-state index in [2.05, 4.69) is 15.5 Å². The Kier molecular flexibility index (Phi) is 5.93. The SMILES string of the molecule is CNC(=O)NC(=O)CN1CCC(CCN)CC1. The van der Waals surface area contributed by atoms with Gasteiger partial charge in [-0.25, -0.2) is 4.79 Å². The number of nitrogens with two attached hydrogens (primary N) is 1. The fourth-order valence-electron chi connectivity index (χ4n) is 2.10. The third-order valence-corrected chi connectivity index (χ3v) is 3.13. The predicted molar refractivity (Wildman–Crippen MR) is 65.4 cm³/mol. The van der Waals surface area contributed by atoms with Gasteiger partial charge in [-0.05, 0) is 44.8 Å². The number of hydrogen-bond acceptors (Lipinski definition) is 4. The van der Waals surface area contributed by atoms with Crippen molar-refractivity contribution in [1.29, 1.82) is 0 Å². The largest absolute Gasteiger partial charge is 0.341 e. The van der Waals surface area contributed by atoms with Gasteiger partial charge in [0, 0.05) is 7.05 Å². The molecule has 0 aromatic carbocycles. The lowest BCUT2D eigenvalue weighted by Gasteiger charge is -2.31. The summed E-state index contributed by atoms with van der Waals surface area (Å²) < 4.78 is 0. The molecule has 1 rings (SSSR count). The van der Waals surface area contributed by atoms with Crippen LogP contribution in [0.15, 0.2) is 0 Å². The fraction of sp³-hybridized carbons (Fsp3) is 0.818. The van der Waals surface area contributed by atoms with Gasteiger partial charge in [0.15, 0.2) is 0 Å². The van der Waals surface area contributed by atoms with Gasteiger partial charge in [-0.3, -0.25) is 15.0 Å². The van der Waals surface area contributed by atoms with Gasteiger partial charge in [0.05, 0.1) is 6.54 Å². The average molecular weight is 242 g/mol. The van der Waals surface area contributed by atoms with Crippen molar-refractivity contribution in [3.8, 4) is 0 Å². The molecule has 0 unspecified atom stereocenters. The fourth-order valence-corrected chi connectivity index (χ4v) is 2.10. The Balaban J connectivity index is 2.21. The van der Waals surface area contributed by atoms with E-state index in [1.807, 2.05) is 0 Å². The molecule has 1 saturated heterocycles. The maximum Gasteiger partial charge on any atom is 0.321 e. The van der Waals surface area contributed by atoms with Crippen LogP contribution in [0.3, 0.4) is 0 Å². The summed E-state index contributed by atoms with van der Waals surface area (Å²) >= 11 is 0. The molecule has 0 saturated carbocycles. The molecule has 0 aromatic rings. The molecule has 0 radical (unpaired) electrons. The van der Waals surface area contributed by atoms with E-state index in [1.54, 1.807) is 0 Å². The van der Waals surface area contributed by atoms with Crippen molar-refractivity contribution >= 4 is 11.9 Å². The van der Waals surface area contributed by atoms with Crippen molar-refractivity contribution in [2.45, 2.75) is 19.3 Å². The minimum Gasteiger partial charge on any atom is -0.341 e. The van der Waals surface area contributed by atoms with E-state index in [9.17, 15) is 9.59 Å². The molecule has 6 heteroatoms. The van der Waals surface area contributed by atoms with Crippen LogP contribution in [0.4, 0.5) is 4.79 Å². The van der Waals surface area contributed by atoms with Crippen LogP contribution in [0, 0.1) is 5.92 Å². The molecule has 0 spiro atoms. The van der Waals surface area contributed by atoms with Gasteiger partial charge >= 0.3 is 6.03 Å². The minimum atomic E-state index is -0.451. The zero-order chi connectivity index (χ0) is 12.7. The summed E-state index contributed by atoms with van der Waals surface area (Å²) in [5, 5.41) is 4.62. The molecule has 1 aliphatic heterocycles. The van der Waals surface area contributed by atoms with E-state index in [4.69, 9.17) is 5.73 Å². The van der Waals surface area contributed by atoms with Crippen molar-refractivity contribution in [3.05, 3.63) is 0 Å². The Morgan fingerprint density at radius 3 is 2.53 bits per heavy atom. The number of nitrogens with one attached hydrogen (secondary N) is 2. The molecular weight excluding hydrogens is 220 g/mol. The van der Waals surface area contributed by atoms with Gasteiger partial charge in [0.25, 0.3) is 0 Å². The highest BCUT2D eigenvalue weighted by atomic mass is 16.2. The second-order valence-corrected chi connectivity index (χ2v) is 4.42. The normalized spacial score (nSPS) is 17.8. The molecule has 0 aromatic heterocycles. The number of hydrogen-bond donors (Lipinski definition) is 3. The monoisotopic (exact) mass is 242 g/mol. The van der Waals surface area contributed by atoms with Crippen LogP contribution in [-0.2, 0) is 4.79 Å². The lowest BCUT2D eigenvalue weighted by atomic mass is 9.94. The lowest BCUT2D eigenvalue weighted by molar-refractivity contribution is -0.121. The molecule has 1 heterocycles. The Labute approximate surface area is 102 Å². The number of urea groups is 1. The number of amides is 3. The number of nitrogens with zero attached hydrogens (tertiary/aromatic N) is 1. The van der Waals surface area contributed by atoms with Crippen LogP contribution in [0.2, 0.25) is 0 Å². The number of likely N-dealkylation sites (tertiary alicyclic amines) is 1. The third-order valence-electron chi connectivity index (χ3n) is 3.13. The van der Waals surface area contributed by atoms with Gasteiger partial charge in [0.1, 0.15) is 0 Å². The van der Waals surface area contributed by atoms with Crippen LogP contribution >= 0.6 is 0 Å². The second kappa shape index (κ2) is 7.24. The van der Waals surface area contributed by atoms with Crippen molar-refractivity contribution in [1.82, 2.24) is 15.5 Å². The second-order valence-electron chi connectivity index (χ2n) is 4.42. The van der Waals surface area contributed by atoms with Gasteiger partial charge < -0.3 is 11.1 Å². The average Bonchev–Trinajstić information content (AvgIpc) is 2.31. The standard InChI is InChI=1S/C11H22N4O2/c1-13-11(17)14-10(16)8-15-6-3-9(2-5-12)4-7-15/h9H,2-8,12H2,1H3,(H2,13,14,16,17). The summed E-state index contributed by atoms with van der Waals surface area (Å²) in [6, 6.07) is -0.451. The highest BCUT2D eigenvalue weighted by Gasteiger charge is 2.20. The lowest BCUT2D eigenvalue weighted by Crippen LogP contribution is -2.45. The van der Waals surface area contributed by atoms with Crippen LogP contribution in [-0.4, -0.2) is 50.1 Å². The van der Waals surface area contributed by atoms with E-state index < -0.39 is 6.03 Å². The first-order chi connectivity index (χ1) is 8.15. The van der Waals surface area contributed by atoms with E-state index >= 15 is 0 Å². The number of piperidine rings is 1. The van der Waals surface area contributed by atoms with Crippen LogP contribution in [0.25, 0.3) is 0 Å². The zero-order valence-corrected chi connectivity index (χ0v) is 10.4. The maximum atomic E-state index is 11.5. The summed E-state index contributed by atoms with van der Waals surface area (Å²) in [5.41, 5.74) is 5.52. The minimum absolute atomic E-state index is 0.248. The van der Waals surface area contributed by atoms with Crippen molar-refractivity contribution in [2.75, 3.05) is 33.2 Å². The molecule has 3 amide bonds. The van der Waals surface area contributed by atoms with Crippen LogP contribution in [0.5, 0.6) is 0 Å². The Bertz CT molecular complexity index is 262. The first kappa shape index (κ1) is 13.9. The molecular formula is C11H22N4O2. The summed E-state index contributed by atoms with van der Waals surface area (Å²) in [7, 11) is 1.49. The smallest absolute Gasteiger partial charge is 0.321 e. The first-order valence-electron chi connectivity index (χ1n) is 6.09. The highest BCUT2D eigenvalue weighted by Crippen LogP contribution is 2.19. The molecule has 0 atom stereocenters. The predicted octanol–water partition coefficient (Wildman–Crippen LogP) is -0.497. The summed E-state index contributed by atoms with van der Waals surface area (Å²) in [6.45, 7) is 2.85. The quantitative estimate of drug-likeness (QED) is 0.620. The molecule has 6 nitrogen and oxygen atoms in total.